The standard InChI is InChI=1S/C17H16NO3/c19-13-18-16(11-14-7-3-1-4-8-14)17(20)21-12-15-9-5-2-6-10-15/h1-10,16H,11-12H2,(H,18,19). The van der Waals surface area contributed by atoms with E-state index in [4.69, 9.17) is 4.74 Å². The molecule has 0 spiro atoms. The highest BCUT2D eigenvalue weighted by molar-refractivity contribution is 5.78. The molecular formula is C17H16NO3. The normalized spacial score (nSPS) is 11.4. The zero-order valence-electron chi connectivity index (χ0n) is 11.5. The van der Waals surface area contributed by atoms with Gasteiger partial charge in [-0.3, -0.25) is 4.79 Å². The van der Waals surface area contributed by atoms with Gasteiger partial charge < -0.3 is 10.1 Å². The number of hydrogen-bond donors (Lipinski definition) is 1. The molecule has 2 rings (SSSR count). The van der Waals surface area contributed by atoms with Gasteiger partial charge in [-0.05, 0) is 11.1 Å². The Morgan fingerprint density at radius 3 is 2.14 bits per heavy atom. The lowest BCUT2D eigenvalue weighted by molar-refractivity contribution is -0.147. The van der Waals surface area contributed by atoms with Gasteiger partial charge in [-0.25, -0.2) is 4.79 Å². The predicted molar refractivity (Wildman–Crippen MR) is 79.0 cm³/mol. The molecule has 1 N–H and O–H groups in total. The van der Waals surface area contributed by atoms with Gasteiger partial charge in [0.05, 0.1) is 0 Å². The van der Waals surface area contributed by atoms with E-state index in [-0.39, 0.29) is 6.61 Å². The quantitative estimate of drug-likeness (QED) is 0.624. The Balaban J connectivity index is 1.94. The Kier molecular flexibility index (Phi) is 5.52. The summed E-state index contributed by atoms with van der Waals surface area (Å²) in [6.07, 6.45) is 1.94. The van der Waals surface area contributed by atoms with Crippen molar-refractivity contribution in [2.75, 3.05) is 0 Å². The van der Waals surface area contributed by atoms with Crippen LogP contribution in [-0.2, 0) is 27.4 Å². The lowest BCUT2D eigenvalue weighted by Crippen LogP contribution is -2.39. The monoisotopic (exact) mass is 282 g/mol. The fourth-order valence-corrected chi connectivity index (χ4v) is 1.94. The van der Waals surface area contributed by atoms with Gasteiger partial charge in [0.25, 0.3) is 0 Å². The SMILES string of the molecule is O=[C]NC(Cc1ccccc1)C(=O)OCc1ccccc1. The summed E-state index contributed by atoms with van der Waals surface area (Å²) in [5, 5.41) is 2.39. The van der Waals surface area contributed by atoms with Gasteiger partial charge in [0, 0.05) is 6.42 Å². The van der Waals surface area contributed by atoms with Crippen LogP contribution in [0.1, 0.15) is 11.1 Å². The predicted octanol–water partition coefficient (Wildman–Crippen LogP) is 2.00. The molecule has 21 heavy (non-hydrogen) atoms. The summed E-state index contributed by atoms with van der Waals surface area (Å²) in [6.45, 7) is 0.186. The zero-order valence-corrected chi connectivity index (χ0v) is 11.5. The van der Waals surface area contributed by atoms with E-state index < -0.39 is 12.0 Å². The Morgan fingerprint density at radius 2 is 1.57 bits per heavy atom. The molecule has 4 nitrogen and oxygen atoms in total. The number of rotatable bonds is 7. The summed E-state index contributed by atoms with van der Waals surface area (Å²) in [5.41, 5.74) is 1.85. The van der Waals surface area contributed by atoms with Crippen molar-refractivity contribution < 1.29 is 14.3 Å². The van der Waals surface area contributed by atoms with Crippen molar-refractivity contribution in [1.82, 2.24) is 5.32 Å². The minimum Gasteiger partial charge on any atom is -0.459 e. The number of amides is 1. The van der Waals surface area contributed by atoms with Crippen LogP contribution in [0.4, 0.5) is 0 Å². The van der Waals surface area contributed by atoms with Crippen molar-refractivity contribution in [2.24, 2.45) is 0 Å². The highest BCUT2D eigenvalue weighted by atomic mass is 16.5. The van der Waals surface area contributed by atoms with Crippen molar-refractivity contribution in [2.45, 2.75) is 19.1 Å². The number of carbonyl (C=O) groups excluding carboxylic acids is 2. The molecule has 0 saturated carbocycles. The first-order valence-corrected chi connectivity index (χ1v) is 6.67. The van der Waals surface area contributed by atoms with E-state index in [1.54, 1.807) is 6.41 Å². The maximum absolute atomic E-state index is 12.0. The number of ether oxygens (including phenoxy) is 1. The molecule has 0 saturated heterocycles. The van der Waals surface area contributed by atoms with Gasteiger partial charge in [-0.1, -0.05) is 60.7 Å². The Morgan fingerprint density at radius 1 is 1.00 bits per heavy atom. The van der Waals surface area contributed by atoms with Gasteiger partial charge in [0.2, 0.25) is 0 Å². The van der Waals surface area contributed by atoms with E-state index in [0.717, 1.165) is 11.1 Å². The van der Waals surface area contributed by atoms with Crippen molar-refractivity contribution in [3.63, 3.8) is 0 Å². The Bertz CT molecular complexity index is 569. The zero-order chi connectivity index (χ0) is 14.9. The minimum atomic E-state index is -0.728. The van der Waals surface area contributed by atoms with Crippen LogP contribution in [0.3, 0.4) is 0 Å². The minimum absolute atomic E-state index is 0.186. The van der Waals surface area contributed by atoms with E-state index in [0.29, 0.717) is 6.42 Å². The summed E-state index contributed by atoms with van der Waals surface area (Å²) in [7, 11) is 0. The van der Waals surface area contributed by atoms with Crippen LogP contribution in [0.25, 0.3) is 0 Å². The molecule has 4 heteroatoms. The molecule has 0 aliphatic rings. The molecule has 2 aromatic carbocycles. The second kappa shape index (κ2) is 7.85. The molecule has 0 bridgehead atoms. The van der Waals surface area contributed by atoms with Crippen LogP contribution in [-0.4, -0.2) is 18.4 Å². The number of nitrogens with one attached hydrogen (secondary N) is 1. The molecular weight excluding hydrogens is 266 g/mol. The summed E-state index contributed by atoms with van der Waals surface area (Å²) < 4.78 is 5.23. The Labute approximate surface area is 123 Å². The molecule has 2 aromatic rings. The molecule has 1 atom stereocenters. The second-order valence-corrected chi connectivity index (χ2v) is 4.58. The number of hydrogen-bond acceptors (Lipinski definition) is 3. The van der Waals surface area contributed by atoms with Crippen LogP contribution in [0.2, 0.25) is 0 Å². The maximum atomic E-state index is 12.0. The summed E-state index contributed by atoms with van der Waals surface area (Å²) in [4.78, 5) is 22.6. The lowest BCUT2D eigenvalue weighted by atomic mass is 10.1. The molecule has 1 unspecified atom stereocenters. The maximum Gasteiger partial charge on any atom is 0.329 e. The molecule has 0 fully saturated rings. The van der Waals surface area contributed by atoms with Crippen LogP contribution in [0.5, 0.6) is 0 Å². The lowest BCUT2D eigenvalue weighted by Gasteiger charge is -2.15. The van der Waals surface area contributed by atoms with Gasteiger partial charge in [0.15, 0.2) is 0 Å². The highest BCUT2D eigenvalue weighted by Crippen LogP contribution is 2.06. The van der Waals surface area contributed by atoms with Gasteiger partial charge in [-0.2, -0.15) is 0 Å². The van der Waals surface area contributed by atoms with E-state index in [9.17, 15) is 9.59 Å². The summed E-state index contributed by atoms with van der Waals surface area (Å²) in [6, 6.07) is 18.1. The highest BCUT2D eigenvalue weighted by Gasteiger charge is 2.20. The third-order valence-corrected chi connectivity index (χ3v) is 3.02. The number of esters is 1. The molecule has 1 radical (unpaired) electrons. The first-order chi connectivity index (χ1) is 10.3. The average molecular weight is 282 g/mol. The number of carbonyl (C=O) groups is 1. The first kappa shape index (κ1) is 14.8. The smallest absolute Gasteiger partial charge is 0.329 e. The summed E-state index contributed by atoms with van der Waals surface area (Å²) in [5.74, 6) is -0.467. The van der Waals surface area contributed by atoms with Gasteiger partial charge in [-0.15, -0.1) is 0 Å². The fraction of sp³-hybridized carbons (Fsp3) is 0.176. The van der Waals surface area contributed by atoms with Crippen molar-refractivity contribution in [3.8, 4) is 0 Å². The second-order valence-electron chi connectivity index (χ2n) is 4.58. The third-order valence-electron chi connectivity index (χ3n) is 3.02. The Hall–Kier alpha value is -2.62. The molecule has 0 aliphatic heterocycles. The van der Waals surface area contributed by atoms with Crippen LogP contribution < -0.4 is 5.32 Å². The average Bonchev–Trinajstić information content (AvgIpc) is 2.54. The van der Waals surface area contributed by atoms with E-state index in [1.165, 1.54) is 0 Å². The topological polar surface area (TPSA) is 55.4 Å². The molecule has 0 aliphatic carbocycles. The van der Waals surface area contributed by atoms with Gasteiger partial charge >= 0.3 is 12.4 Å². The van der Waals surface area contributed by atoms with E-state index >= 15 is 0 Å². The third kappa shape index (κ3) is 4.76. The largest absolute Gasteiger partial charge is 0.459 e. The van der Waals surface area contributed by atoms with Gasteiger partial charge in [0.1, 0.15) is 12.6 Å². The molecule has 0 heterocycles. The van der Waals surface area contributed by atoms with Crippen molar-refractivity contribution in [1.29, 1.82) is 0 Å². The fourth-order valence-electron chi connectivity index (χ4n) is 1.94. The molecule has 107 valence electrons. The molecule has 0 aromatic heterocycles. The van der Waals surface area contributed by atoms with E-state index in [1.807, 2.05) is 60.7 Å². The van der Waals surface area contributed by atoms with Crippen molar-refractivity contribution >= 4 is 12.4 Å². The van der Waals surface area contributed by atoms with Crippen LogP contribution in [0, 0.1) is 0 Å². The number of benzene rings is 2. The summed E-state index contributed by atoms with van der Waals surface area (Å²) >= 11 is 0. The van der Waals surface area contributed by atoms with Crippen LogP contribution >= 0.6 is 0 Å². The first-order valence-electron chi connectivity index (χ1n) is 6.67. The molecule has 1 amide bonds. The van der Waals surface area contributed by atoms with Crippen LogP contribution in [0.15, 0.2) is 60.7 Å². The van der Waals surface area contributed by atoms with Crippen molar-refractivity contribution in [3.05, 3.63) is 71.8 Å². The van der Waals surface area contributed by atoms with E-state index in [2.05, 4.69) is 5.32 Å².